The molecular formula is C29H36O14. The van der Waals surface area contributed by atoms with Crippen molar-refractivity contribution in [3.8, 4) is 23.0 Å². The lowest BCUT2D eigenvalue weighted by Crippen LogP contribution is -2.62. The fourth-order valence-electron chi connectivity index (χ4n) is 4.60. The van der Waals surface area contributed by atoms with Gasteiger partial charge in [-0.05, 0) is 54.8 Å². The molecule has 0 radical (unpaired) electrons. The standard InChI is InChI=1S/C29H36O14/c1-14-19(32)12-22(35)28(41-14)43-27-25(37)23(13-40-24(36)7-4-15-2-5-17(30)20(33)10-15)42-29(26(27)38)39-9-8-16-3-6-18(31)21(34)11-16/h2-7,10-11,14,19,22-23,25-35,37-38H,8-9,12-13H2,1H3/t14?,19-,22-,23-,25-,26-,27+,28+,29-/m1/s1. The van der Waals surface area contributed by atoms with Gasteiger partial charge in [-0.15, -0.1) is 0 Å². The molecular weight excluding hydrogens is 572 g/mol. The Morgan fingerprint density at radius 3 is 2.28 bits per heavy atom. The number of phenols is 4. The molecule has 2 aromatic rings. The van der Waals surface area contributed by atoms with Crippen LogP contribution in [0.5, 0.6) is 23.0 Å². The summed E-state index contributed by atoms with van der Waals surface area (Å²) in [4.78, 5) is 12.4. The highest BCUT2D eigenvalue weighted by molar-refractivity contribution is 5.87. The third-order valence-corrected chi connectivity index (χ3v) is 7.13. The summed E-state index contributed by atoms with van der Waals surface area (Å²) >= 11 is 0. The first-order chi connectivity index (χ1) is 20.4. The maximum absolute atomic E-state index is 12.4. The number of aliphatic hydroxyl groups is 4. The molecule has 0 aromatic heterocycles. The molecule has 9 atom stereocenters. The highest BCUT2D eigenvalue weighted by Gasteiger charge is 2.49. The van der Waals surface area contributed by atoms with E-state index in [-0.39, 0.29) is 42.4 Å². The van der Waals surface area contributed by atoms with Gasteiger partial charge in [-0.3, -0.25) is 0 Å². The molecule has 0 saturated carbocycles. The highest BCUT2D eigenvalue weighted by atomic mass is 16.7. The molecule has 14 nitrogen and oxygen atoms in total. The zero-order valence-electron chi connectivity index (χ0n) is 23.2. The Labute approximate surface area is 246 Å². The Morgan fingerprint density at radius 2 is 1.58 bits per heavy atom. The number of phenolic OH excluding ortho intramolecular Hbond substituents is 4. The molecule has 0 aliphatic carbocycles. The second-order valence-electron chi connectivity index (χ2n) is 10.4. The summed E-state index contributed by atoms with van der Waals surface area (Å²) in [5.74, 6) is -2.12. The Hall–Kier alpha value is -3.47. The zero-order chi connectivity index (χ0) is 31.3. The molecule has 2 heterocycles. The van der Waals surface area contributed by atoms with Crippen LogP contribution in [0.15, 0.2) is 42.5 Å². The first kappa shape index (κ1) is 32.4. The van der Waals surface area contributed by atoms with E-state index in [4.69, 9.17) is 23.7 Å². The minimum absolute atomic E-state index is 0.0325. The number of rotatable bonds is 10. The van der Waals surface area contributed by atoms with E-state index in [2.05, 4.69) is 0 Å². The van der Waals surface area contributed by atoms with Crippen molar-refractivity contribution in [1.82, 2.24) is 0 Å². The lowest BCUT2D eigenvalue weighted by molar-refractivity contribution is -0.348. The number of ether oxygens (including phenoxy) is 5. The van der Waals surface area contributed by atoms with Gasteiger partial charge in [0, 0.05) is 12.5 Å². The predicted octanol–water partition coefficient (Wildman–Crippen LogP) is 0.0133. The van der Waals surface area contributed by atoms with Gasteiger partial charge in [-0.25, -0.2) is 4.79 Å². The Balaban J connectivity index is 1.43. The number of esters is 1. The van der Waals surface area contributed by atoms with Crippen LogP contribution in [0.3, 0.4) is 0 Å². The van der Waals surface area contributed by atoms with Gasteiger partial charge in [0.1, 0.15) is 37.1 Å². The summed E-state index contributed by atoms with van der Waals surface area (Å²) in [5, 5.41) is 80.6. The second-order valence-corrected chi connectivity index (χ2v) is 10.4. The lowest BCUT2D eigenvalue weighted by atomic mass is 9.98. The highest BCUT2D eigenvalue weighted by Crippen LogP contribution is 2.30. The number of aromatic hydroxyl groups is 4. The minimum atomic E-state index is -1.59. The monoisotopic (exact) mass is 608 g/mol. The number of hydrogen-bond donors (Lipinski definition) is 8. The number of benzene rings is 2. The van der Waals surface area contributed by atoms with Crippen molar-refractivity contribution >= 4 is 12.0 Å². The van der Waals surface area contributed by atoms with Crippen molar-refractivity contribution in [2.45, 2.75) is 75.1 Å². The van der Waals surface area contributed by atoms with E-state index in [0.29, 0.717) is 11.1 Å². The zero-order valence-corrected chi connectivity index (χ0v) is 23.2. The van der Waals surface area contributed by atoms with Crippen molar-refractivity contribution in [3.05, 3.63) is 53.6 Å². The van der Waals surface area contributed by atoms with E-state index in [9.17, 15) is 45.6 Å². The van der Waals surface area contributed by atoms with Gasteiger partial charge in [0.2, 0.25) is 0 Å². The summed E-state index contributed by atoms with van der Waals surface area (Å²) < 4.78 is 28.0. The van der Waals surface area contributed by atoms with Gasteiger partial charge < -0.3 is 64.5 Å². The van der Waals surface area contributed by atoms with Crippen LogP contribution in [0.4, 0.5) is 0 Å². The summed E-state index contributed by atoms with van der Waals surface area (Å²) in [7, 11) is 0. The topological polar surface area (TPSA) is 225 Å². The number of hydrogen-bond acceptors (Lipinski definition) is 14. The summed E-state index contributed by atoms with van der Waals surface area (Å²) in [6.45, 7) is 1.05. The fourth-order valence-corrected chi connectivity index (χ4v) is 4.60. The van der Waals surface area contributed by atoms with Crippen LogP contribution in [0.1, 0.15) is 24.5 Å². The van der Waals surface area contributed by atoms with Gasteiger partial charge in [-0.1, -0.05) is 12.1 Å². The van der Waals surface area contributed by atoms with Gasteiger partial charge in [0.05, 0.1) is 18.8 Å². The van der Waals surface area contributed by atoms with E-state index in [1.54, 1.807) is 13.0 Å². The molecule has 2 saturated heterocycles. The predicted molar refractivity (Wildman–Crippen MR) is 146 cm³/mol. The van der Waals surface area contributed by atoms with Gasteiger partial charge >= 0.3 is 5.97 Å². The third-order valence-electron chi connectivity index (χ3n) is 7.13. The molecule has 236 valence electrons. The van der Waals surface area contributed by atoms with E-state index in [0.717, 1.165) is 6.08 Å². The Morgan fingerprint density at radius 1 is 0.884 bits per heavy atom. The maximum Gasteiger partial charge on any atom is 0.330 e. The summed E-state index contributed by atoms with van der Waals surface area (Å²) in [6.07, 6.45) is -8.88. The molecule has 1 unspecified atom stereocenters. The molecule has 2 aliphatic heterocycles. The first-order valence-electron chi connectivity index (χ1n) is 13.6. The Bertz CT molecular complexity index is 1270. The van der Waals surface area contributed by atoms with Gasteiger partial charge in [-0.2, -0.15) is 0 Å². The summed E-state index contributed by atoms with van der Waals surface area (Å²) in [6, 6.07) is 8.17. The second kappa shape index (κ2) is 14.3. The third kappa shape index (κ3) is 8.34. The number of aliphatic hydroxyl groups excluding tert-OH is 4. The van der Waals surface area contributed by atoms with Crippen LogP contribution in [-0.2, 0) is 34.9 Å². The smallest absolute Gasteiger partial charge is 0.330 e. The molecule has 0 spiro atoms. The molecule has 4 rings (SSSR count). The van der Waals surface area contributed by atoms with Crippen molar-refractivity contribution < 1.29 is 69.3 Å². The van der Waals surface area contributed by atoms with Crippen LogP contribution in [0, 0.1) is 0 Å². The SMILES string of the molecule is CC1O[C@@H](O[C@@H]2[C@@H](O)[C@H](OCCc3ccc(O)c(O)c3)O[C@H](COC(=O)C=Cc3ccc(O)c(O)c3)[C@H]2O)[C@H](O)C[C@H]1O. The van der Waals surface area contributed by atoms with E-state index in [1.807, 2.05) is 0 Å². The van der Waals surface area contributed by atoms with Gasteiger partial charge in [0.25, 0.3) is 0 Å². The summed E-state index contributed by atoms with van der Waals surface area (Å²) in [5.41, 5.74) is 1.01. The van der Waals surface area contributed by atoms with Crippen molar-refractivity contribution in [2.24, 2.45) is 0 Å². The molecule has 2 fully saturated rings. The van der Waals surface area contributed by atoms with Crippen LogP contribution < -0.4 is 0 Å². The molecule has 43 heavy (non-hydrogen) atoms. The normalized spacial score (nSPS) is 31.2. The van der Waals surface area contributed by atoms with E-state index >= 15 is 0 Å². The molecule has 2 aromatic carbocycles. The van der Waals surface area contributed by atoms with Crippen LogP contribution in [-0.4, -0.2) is 115 Å². The maximum atomic E-state index is 12.4. The lowest BCUT2D eigenvalue weighted by Gasteiger charge is -2.45. The fraction of sp³-hybridized carbons (Fsp3) is 0.483. The average molecular weight is 609 g/mol. The van der Waals surface area contributed by atoms with Crippen molar-refractivity contribution in [2.75, 3.05) is 13.2 Å². The van der Waals surface area contributed by atoms with Crippen molar-refractivity contribution in [3.63, 3.8) is 0 Å². The van der Waals surface area contributed by atoms with Crippen LogP contribution in [0.2, 0.25) is 0 Å². The molecule has 8 N–H and O–H groups in total. The first-order valence-corrected chi connectivity index (χ1v) is 13.6. The molecule has 2 aliphatic rings. The Kier molecular flexibility index (Phi) is 10.8. The molecule has 0 bridgehead atoms. The molecule has 0 amide bonds. The van der Waals surface area contributed by atoms with E-state index in [1.165, 1.54) is 36.4 Å². The van der Waals surface area contributed by atoms with Crippen LogP contribution >= 0.6 is 0 Å². The number of carbonyl (C=O) groups is 1. The molecule has 14 heteroatoms. The van der Waals surface area contributed by atoms with Gasteiger partial charge in [0.15, 0.2) is 35.6 Å². The quantitative estimate of drug-likeness (QED) is 0.101. The van der Waals surface area contributed by atoms with Crippen molar-refractivity contribution in [1.29, 1.82) is 0 Å². The van der Waals surface area contributed by atoms with E-state index < -0.39 is 67.9 Å². The largest absolute Gasteiger partial charge is 0.504 e. The minimum Gasteiger partial charge on any atom is -0.504 e. The average Bonchev–Trinajstić information content (AvgIpc) is 2.96. The van der Waals surface area contributed by atoms with Crippen LogP contribution in [0.25, 0.3) is 6.08 Å². The number of carbonyl (C=O) groups excluding carboxylic acids is 1.